The molecule has 0 aliphatic carbocycles. The Morgan fingerprint density at radius 3 is 2.00 bits per heavy atom. The summed E-state index contributed by atoms with van der Waals surface area (Å²) in [6.07, 6.45) is 1.28. The smallest absolute Gasteiger partial charge is 0.176 e. The van der Waals surface area contributed by atoms with E-state index in [0.717, 1.165) is 0 Å². The number of carbonyl (C=O) groups excluding carboxylic acids is 1. The molecule has 0 heterocycles. The van der Waals surface area contributed by atoms with Crippen molar-refractivity contribution in [3.63, 3.8) is 0 Å². The van der Waals surface area contributed by atoms with Gasteiger partial charge in [0.15, 0.2) is 5.78 Å². The molecule has 0 unspecified atom stereocenters. The first-order valence-electron chi connectivity index (χ1n) is 5.01. The minimum absolute atomic E-state index is 0.0958. The monoisotopic (exact) mass is 208 g/mol. The molecule has 0 aromatic rings. The summed E-state index contributed by atoms with van der Waals surface area (Å²) >= 11 is 0. The fourth-order valence-corrected chi connectivity index (χ4v) is 0.895. The molecule has 2 nitrogen and oxygen atoms in total. The van der Waals surface area contributed by atoms with Gasteiger partial charge in [0.25, 0.3) is 0 Å². The summed E-state index contributed by atoms with van der Waals surface area (Å²) in [5.74, 6) is 5.48. The molecule has 2 heteroatoms. The zero-order valence-corrected chi connectivity index (χ0v) is 10.4. The average Bonchev–Trinajstić information content (AvgIpc) is 2.01. The van der Waals surface area contributed by atoms with E-state index >= 15 is 0 Å². The Kier molecular flexibility index (Phi) is 4.16. The zero-order chi connectivity index (χ0) is 12.3. The molecule has 0 amide bonds. The van der Waals surface area contributed by atoms with Gasteiger partial charge in [-0.1, -0.05) is 26.7 Å². The summed E-state index contributed by atoms with van der Waals surface area (Å²) < 4.78 is 0. The molecule has 0 aliphatic rings. The van der Waals surface area contributed by atoms with E-state index < -0.39 is 10.8 Å². The number of rotatable bonds is 2. The van der Waals surface area contributed by atoms with Gasteiger partial charge in [-0.3, -0.25) is 4.79 Å². The minimum Gasteiger partial charge on any atom is -0.512 e. The molecular formula is C13H20O2. The van der Waals surface area contributed by atoms with Crippen molar-refractivity contribution in [3.05, 3.63) is 11.8 Å². The van der Waals surface area contributed by atoms with Crippen molar-refractivity contribution in [3.8, 4) is 11.8 Å². The molecule has 0 radical (unpaired) electrons. The van der Waals surface area contributed by atoms with Gasteiger partial charge in [0, 0.05) is 11.5 Å². The van der Waals surface area contributed by atoms with Gasteiger partial charge in [-0.2, -0.15) is 0 Å². The summed E-state index contributed by atoms with van der Waals surface area (Å²) in [5.41, 5.74) is -1.13. The molecule has 0 atom stereocenters. The van der Waals surface area contributed by atoms with E-state index in [0.29, 0.717) is 0 Å². The number of allylic oxidation sites excluding steroid dienone is 2. The minimum atomic E-state index is -0.728. The summed E-state index contributed by atoms with van der Waals surface area (Å²) in [4.78, 5) is 11.8. The van der Waals surface area contributed by atoms with Crippen LogP contribution in [0.5, 0.6) is 0 Å². The molecule has 0 rings (SSSR count). The molecule has 0 bridgehead atoms. The van der Waals surface area contributed by atoms with E-state index in [9.17, 15) is 9.90 Å². The lowest BCUT2D eigenvalue weighted by Crippen LogP contribution is -2.22. The molecule has 0 aromatic heterocycles. The van der Waals surface area contributed by atoms with Crippen LogP contribution in [0.2, 0.25) is 0 Å². The first-order valence-corrected chi connectivity index (χ1v) is 5.01. The lowest BCUT2D eigenvalue weighted by atomic mass is 9.85. The highest BCUT2D eigenvalue weighted by molar-refractivity contribution is 5.96. The van der Waals surface area contributed by atoms with Gasteiger partial charge in [0.1, 0.15) is 5.76 Å². The predicted octanol–water partition coefficient (Wildman–Crippen LogP) is 3.09. The van der Waals surface area contributed by atoms with Gasteiger partial charge in [0.2, 0.25) is 0 Å². The SMILES string of the molecule is CC#CC(C)(C)C(=O)/C=C(\O)C(C)(C)C. The molecule has 0 aromatic carbocycles. The van der Waals surface area contributed by atoms with Gasteiger partial charge >= 0.3 is 0 Å². The number of aliphatic hydroxyl groups is 1. The Labute approximate surface area is 92.4 Å². The Balaban J connectivity index is 4.97. The molecule has 0 saturated heterocycles. The number of ketones is 1. The first-order chi connectivity index (χ1) is 6.61. The Bertz CT molecular complexity index is 330. The number of hydrogen-bond donors (Lipinski definition) is 1. The summed E-state index contributed by atoms with van der Waals surface area (Å²) in [5, 5.41) is 9.68. The van der Waals surface area contributed by atoms with Crippen LogP contribution in [0.4, 0.5) is 0 Å². The zero-order valence-electron chi connectivity index (χ0n) is 10.4. The summed E-state index contributed by atoms with van der Waals surface area (Å²) in [7, 11) is 0. The molecule has 0 saturated carbocycles. The van der Waals surface area contributed by atoms with E-state index in [2.05, 4.69) is 11.8 Å². The maximum Gasteiger partial charge on any atom is 0.176 e. The van der Waals surface area contributed by atoms with Gasteiger partial charge in [-0.05, 0) is 20.8 Å². The lowest BCUT2D eigenvalue weighted by Gasteiger charge is -2.19. The van der Waals surface area contributed by atoms with Gasteiger partial charge < -0.3 is 5.11 Å². The van der Waals surface area contributed by atoms with E-state index in [1.54, 1.807) is 20.8 Å². The summed E-state index contributed by atoms with van der Waals surface area (Å²) in [6, 6.07) is 0. The van der Waals surface area contributed by atoms with Crippen molar-refractivity contribution < 1.29 is 9.90 Å². The fraction of sp³-hybridized carbons (Fsp3) is 0.615. The third-order valence-corrected chi connectivity index (χ3v) is 2.09. The van der Waals surface area contributed by atoms with Crippen molar-refractivity contribution in [2.75, 3.05) is 0 Å². The van der Waals surface area contributed by atoms with Crippen LogP contribution in [-0.4, -0.2) is 10.9 Å². The maximum absolute atomic E-state index is 11.8. The van der Waals surface area contributed by atoms with E-state index in [-0.39, 0.29) is 11.5 Å². The van der Waals surface area contributed by atoms with Crippen LogP contribution in [0.15, 0.2) is 11.8 Å². The number of aliphatic hydroxyl groups excluding tert-OH is 1. The van der Waals surface area contributed by atoms with Crippen LogP contribution in [0.3, 0.4) is 0 Å². The van der Waals surface area contributed by atoms with Crippen LogP contribution in [0, 0.1) is 22.7 Å². The molecular weight excluding hydrogens is 188 g/mol. The molecule has 15 heavy (non-hydrogen) atoms. The number of hydrogen-bond acceptors (Lipinski definition) is 2. The van der Waals surface area contributed by atoms with Crippen molar-refractivity contribution in [2.45, 2.75) is 41.5 Å². The standard InChI is InChI=1S/C13H20O2/c1-7-8-13(5,6)11(15)9-10(14)12(2,3)4/h9,14H,1-6H3/b10-9-. The Morgan fingerprint density at radius 2 is 1.67 bits per heavy atom. The van der Waals surface area contributed by atoms with Crippen molar-refractivity contribution in [2.24, 2.45) is 10.8 Å². The van der Waals surface area contributed by atoms with Crippen LogP contribution in [0.25, 0.3) is 0 Å². The summed E-state index contributed by atoms with van der Waals surface area (Å²) in [6.45, 7) is 10.7. The third-order valence-electron chi connectivity index (χ3n) is 2.09. The molecule has 0 aliphatic heterocycles. The molecule has 0 spiro atoms. The van der Waals surface area contributed by atoms with Crippen molar-refractivity contribution in [1.82, 2.24) is 0 Å². The quantitative estimate of drug-likeness (QED) is 0.430. The lowest BCUT2D eigenvalue weighted by molar-refractivity contribution is -0.120. The Hall–Kier alpha value is -1.23. The number of carbonyl (C=O) groups is 1. The highest BCUT2D eigenvalue weighted by Crippen LogP contribution is 2.25. The van der Waals surface area contributed by atoms with E-state index in [1.807, 2.05) is 20.8 Å². The topological polar surface area (TPSA) is 37.3 Å². The van der Waals surface area contributed by atoms with Crippen LogP contribution in [-0.2, 0) is 4.79 Å². The second-order valence-corrected chi connectivity index (χ2v) is 5.14. The highest BCUT2D eigenvalue weighted by Gasteiger charge is 2.26. The maximum atomic E-state index is 11.8. The van der Waals surface area contributed by atoms with Gasteiger partial charge in [-0.15, -0.1) is 5.92 Å². The second-order valence-electron chi connectivity index (χ2n) is 5.14. The van der Waals surface area contributed by atoms with Gasteiger partial charge in [-0.25, -0.2) is 0 Å². The second kappa shape index (κ2) is 4.53. The predicted molar refractivity (Wildman–Crippen MR) is 62.4 cm³/mol. The molecule has 0 fully saturated rings. The normalized spacial score (nSPS) is 13.1. The van der Waals surface area contributed by atoms with E-state index in [4.69, 9.17) is 0 Å². The van der Waals surface area contributed by atoms with Crippen LogP contribution in [0.1, 0.15) is 41.5 Å². The molecule has 84 valence electrons. The van der Waals surface area contributed by atoms with Crippen molar-refractivity contribution >= 4 is 5.78 Å². The van der Waals surface area contributed by atoms with E-state index in [1.165, 1.54) is 6.08 Å². The largest absolute Gasteiger partial charge is 0.512 e. The van der Waals surface area contributed by atoms with Crippen LogP contribution >= 0.6 is 0 Å². The average molecular weight is 208 g/mol. The Morgan fingerprint density at radius 1 is 1.20 bits per heavy atom. The fourth-order valence-electron chi connectivity index (χ4n) is 0.895. The van der Waals surface area contributed by atoms with Crippen molar-refractivity contribution in [1.29, 1.82) is 0 Å². The van der Waals surface area contributed by atoms with Gasteiger partial charge in [0.05, 0.1) is 5.41 Å². The van der Waals surface area contributed by atoms with Crippen LogP contribution < -0.4 is 0 Å². The third kappa shape index (κ3) is 4.20. The molecule has 1 N–H and O–H groups in total. The highest BCUT2D eigenvalue weighted by atomic mass is 16.3. The first kappa shape index (κ1) is 13.8.